The van der Waals surface area contributed by atoms with Crippen molar-refractivity contribution in [2.24, 2.45) is 0 Å². The van der Waals surface area contributed by atoms with Crippen molar-refractivity contribution in [1.82, 2.24) is 10.6 Å². The predicted molar refractivity (Wildman–Crippen MR) is 83.8 cm³/mol. The SMILES string of the molecule is CCNC(=O)c1sc(N2CCNCC2)c(C2CC2)c1N. The minimum absolute atomic E-state index is 0.0294. The molecular formula is C14H22N4OS. The third-order valence-corrected chi connectivity index (χ3v) is 5.18. The molecule has 0 radical (unpaired) electrons. The molecule has 0 bridgehead atoms. The summed E-state index contributed by atoms with van der Waals surface area (Å²) in [6.07, 6.45) is 2.41. The van der Waals surface area contributed by atoms with E-state index in [0.29, 0.717) is 17.3 Å². The normalized spacial score (nSPS) is 19.1. The van der Waals surface area contributed by atoms with Gasteiger partial charge in [0, 0.05) is 38.3 Å². The summed E-state index contributed by atoms with van der Waals surface area (Å²) in [5.74, 6) is 0.539. The van der Waals surface area contributed by atoms with Gasteiger partial charge in [0.15, 0.2) is 0 Å². The Morgan fingerprint density at radius 2 is 2.15 bits per heavy atom. The zero-order valence-electron chi connectivity index (χ0n) is 11.9. The number of piperazine rings is 1. The van der Waals surface area contributed by atoms with E-state index in [0.717, 1.165) is 31.9 Å². The van der Waals surface area contributed by atoms with E-state index in [4.69, 9.17) is 5.73 Å². The summed E-state index contributed by atoms with van der Waals surface area (Å²) < 4.78 is 0. The number of rotatable bonds is 4. The number of carbonyl (C=O) groups is 1. The molecule has 2 fully saturated rings. The van der Waals surface area contributed by atoms with Crippen LogP contribution in [0, 0.1) is 0 Å². The smallest absolute Gasteiger partial charge is 0.263 e. The number of anilines is 2. The lowest BCUT2D eigenvalue weighted by molar-refractivity contribution is 0.0960. The highest BCUT2D eigenvalue weighted by Crippen LogP contribution is 2.52. The van der Waals surface area contributed by atoms with Crippen LogP contribution in [0.2, 0.25) is 0 Å². The molecule has 2 heterocycles. The minimum Gasteiger partial charge on any atom is -0.397 e. The summed E-state index contributed by atoms with van der Waals surface area (Å²) in [5, 5.41) is 7.46. The molecule has 1 saturated heterocycles. The van der Waals surface area contributed by atoms with E-state index in [1.807, 2.05) is 6.92 Å². The molecule has 0 spiro atoms. The monoisotopic (exact) mass is 294 g/mol. The Kier molecular flexibility index (Phi) is 3.85. The molecule has 5 nitrogen and oxygen atoms in total. The van der Waals surface area contributed by atoms with Crippen LogP contribution >= 0.6 is 11.3 Å². The highest BCUT2D eigenvalue weighted by molar-refractivity contribution is 7.18. The van der Waals surface area contributed by atoms with Crippen LogP contribution in [0.15, 0.2) is 0 Å². The quantitative estimate of drug-likeness (QED) is 0.784. The minimum atomic E-state index is -0.0294. The van der Waals surface area contributed by atoms with Crippen molar-refractivity contribution in [2.75, 3.05) is 43.4 Å². The average Bonchev–Trinajstić information content (AvgIpc) is 3.23. The predicted octanol–water partition coefficient (Wildman–Crippen LogP) is 1.37. The van der Waals surface area contributed by atoms with Gasteiger partial charge in [-0.25, -0.2) is 0 Å². The van der Waals surface area contributed by atoms with Crippen molar-refractivity contribution in [1.29, 1.82) is 0 Å². The average molecular weight is 294 g/mol. The summed E-state index contributed by atoms with van der Waals surface area (Å²) in [5.41, 5.74) is 8.24. The van der Waals surface area contributed by atoms with Crippen LogP contribution in [0.1, 0.15) is 40.9 Å². The van der Waals surface area contributed by atoms with Gasteiger partial charge in [-0.3, -0.25) is 4.79 Å². The zero-order valence-corrected chi connectivity index (χ0v) is 12.7. The summed E-state index contributed by atoms with van der Waals surface area (Å²) >= 11 is 1.57. The van der Waals surface area contributed by atoms with Gasteiger partial charge in [0.25, 0.3) is 5.91 Å². The van der Waals surface area contributed by atoms with Crippen molar-refractivity contribution in [3.63, 3.8) is 0 Å². The molecule has 0 unspecified atom stereocenters. The molecule has 1 aliphatic carbocycles. The molecule has 1 aromatic rings. The number of carbonyl (C=O) groups excluding carboxylic acids is 1. The van der Waals surface area contributed by atoms with Crippen molar-refractivity contribution in [3.05, 3.63) is 10.4 Å². The van der Waals surface area contributed by atoms with E-state index < -0.39 is 0 Å². The van der Waals surface area contributed by atoms with Gasteiger partial charge in [0.1, 0.15) is 4.88 Å². The molecule has 20 heavy (non-hydrogen) atoms. The van der Waals surface area contributed by atoms with Crippen LogP contribution in [0.25, 0.3) is 0 Å². The van der Waals surface area contributed by atoms with Gasteiger partial charge in [-0.1, -0.05) is 0 Å². The molecule has 2 aliphatic rings. The highest BCUT2D eigenvalue weighted by Gasteiger charge is 2.34. The highest BCUT2D eigenvalue weighted by atomic mass is 32.1. The van der Waals surface area contributed by atoms with Crippen LogP contribution in [0.3, 0.4) is 0 Å². The van der Waals surface area contributed by atoms with Gasteiger partial charge >= 0.3 is 0 Å². The molecule has 0 atom stereocenters. The largest absolute Gasteiger partial charge is 0.397 e. The lowest BCUT2D eigenvalue weighted by Gasteiger charge is -2.29. The molecular weight excluding hydrogens is 272 g/mol. The van der Waals surface area contributed by atoms with E-state index in [-0.39, 0.29) is 5.91 Å². The third-order valence-electron chi connectivity index (χ3n) is 3.90. The molecule has 3 rings (SSSR count). The summed E-state index contributed by atoms with van der Waals surface area (Å²) in [6.45, 7) is 6.55. The van der Waals surface area contributed by atoms with Crippen molar-refractivity contribution in [3.8, 4) is 0 Å². The van der Waals surface area contributed by atoms with Gasteiger partial charge < -0.3 is 21.3 Å². The number of hydrogen-bond donors (Lipinski definition) is 3. The Morgan fingerprint density at radius 1 is 1.45 bits per heavy atom. The first-order chi connectivity index (χ1) is 9.72. The fourth-order valence-electron chi connectivity index (χ4n) is 2.72. The van der Waals surface area contributed by atoms with Crippen LogP contribution in [0.4, 0.5) is 10.7 Å². The topological polar surface area (TPSA) is 70.4 Å². The molecule has 0 aromatic carbocycles. The summed E-state index contributed by atoms with van der Waals surface area (Å²) in [4.78, 5) is 15.2. The van der Waals surface area contributed by atoms with E-state index in [9.17, 15) is 4.79 Å². The summed E-state index contributed by atoms with van der Waals surface area (Å²) in [7, 11) is 0. The van der Waals surface area contributed by atoms with Crippen LogP contribution in [-0.4, -0.2) is 38.6 Å². The maximum Gasteiger partial charge on any atom is 0.263 e. The zero-order chi connectivity index (χ0) is 14.1. The second kappa shape index (κ2) is 5.61. The van der Waals surface area contributed by atoms with Gasteiger partial charge in [0.05, 0.1) is 10.7 Å². The number of thiophene rings is 1. The second-order valence-electron chi connectivity index (χ2n) is 5.43. The Bertz CT molecular complexity index is 504. The van der Waals surface area contributed by atoms with Gasteiger partial charge in [-0.2, -0.15) is 0 Å². The van der Waals surface area contributed by atoms with Gasteiger partial charge in [-0.15, -0.1) is 11.3 Å². The number of nitrogens with zero attached hydrogens (tertiary/aromatic N) is 1. The van der Waals surface area contributed by atoms with Gasteiger partial charge in [-0.05, 0) is 25.7 Å². The number of nitrogen functional groups attached to an aromatic ring is 1. The van der Waals surface area contributed by atoms with Crippen LogP contribution in [-0.2, 0) is 0 Å². The maximum atomic E-state index is 12.1. The molecule has 1 aromatic heterocycles. The Hall–Kier alpha value is -1.27. The first-order valence-electron chi connectivity index (χ1n) is 7.38. The van der Waals surface area contributed by atoms with Crippen molar-refractivity contribution in [2.45, 2.75) is 25.7 Å². The Balaban J connectivity index is 1.95. The standard InChI is InChI=1S/C14H22N4OS/c1-2-17-13(19)12-11(15)10(9-3-4-9)14(20-12)18-7-5-16-6-8-18/h9,16H,2-8,15H2,1H3,(H,17,19). The van der Waals surface area contributed by atoms with E-state index >= 15 is 0 Å². The van der Waals surface area contributed by atoms with Crippen molar-refractivity contribution < 1.29 is 4.79 Å². The van der Waals surface area contributed by atoms with Gasteiger partial charge in [0.2, 0.25) is 0 Å². The Morgan fingerprint density at radius 3 is 2.75 bits per heavy atom. The lowest BCUT2D eigenvalue weighted by atomic mass is 10.1. The fourth-order valence-corrected chi connectivity index (χ4v) is 4.00. The molecule has 6 heteroatoms. The van der Waals surface area contributed by atoms with E-state index in [1.54, 1.807) is 11.3 Å². The first-order valence-corrected chi connectivity index (χ1v) is 8.20. The molecule has 110 valence electrons. The molecule has 4 N–H and O–H groups in total. The Labute approximate surface area is 123 Å². The summed E-state index contributed by atoms with van der Waals surface area (Å²) in [6, 6.07) is 0. The molecule has 1 aliphatic heterocycles. The molecule has 1 amide bonds. The first kappa shape index (κ1) is 13.7. The van der Waals surface area contributed by atoms with Crippen molar-refractivity contribution >= 4 is 27.9 Å². The second-order valence-corrected chi connectivity index (χ2v) is 6.43. The van der Waals surface area contributed by atoms with E-state index in [1.165, 1.54) is 23.4 Å². The van der Waals surface area contributed by atoms with Crippen LogP contribution < -0.4 is 21.3 Å². The lowest BCUT2D eigenvalue weighted by Crippen LogP contribution is -2.43. The molecule has 1 saturated carbocycles. The fraction of sp³-hybridized carbons (Fsp3) is 0.643. The van der Waals surface area contributed by atoms with E-state index in [2.05, 4.69) is 15.5 Å². The number of nitrogens with two attached hydrogens (primary N) is 1. The third kappa shape index (κ3) is 2.50. The number of hydrogen-bond acceptors (Lipinski definition) is 5. The maximum absolute atomic E-state index is 12.1. The number of amides is 1. The number of nitrogens with one attached hydrogen (secondary N) is 2. The van der Waals surface area contributed by atoms with Crippen LogP contribution in [0.5, 0.6) is 0 Å².